The number of amides is 4. The summed E-state index contributed by atoms with van der Waals surface area (Å²) >= 11 is 0. The number of nitrogens with zero attached hydrogens (tertiary/aromatic N) is 1. The maximum Gasteiger partial charge on any atom is 0.315 e. The van der Waals surface area contributed by atoms with E-state index < -0.39 is 23.9 Å². The van der Waals surface area contributed by atoms with E-state index in [1.54, 1.807) is 4.90 Å². The fourth-order valence-corrected chi connectivity index (χ4v) is 7.74. The van der Waals surface area contributed by atoms with E-state index in [9.17, 15) is 19.2 Å². The van der Waals surface area contributed by atoms with E-state index in [2.05, 4.69) is 76.2 Å². The summed E-state index contributed by atoms with van der Waals surface area (Å²) in [6, 6.07) is 5.35. The van der Waals surface area contributed by atoms with Crippen LogP contribution in [0.3, 0.4) is 0 Å². The molecule has 6 atom stereocenters. The number of fused-ring (bicyclic) bond motifs is 2. The Bertz CT molecular complexity index is 1290. The van der Waals surface area contributed by atoms with Crippen molar-refractivity contribution in [3.8, 4) is 0 Å². The molecule has 3 aliphatic rings. The van der Waals surface area contributed by atoms with Crippen molar-refractivity contribution in [1.29, 1.82) is 0 Å². The van der Waals surface area contributed by atoms with Crippen LogP contribution < -0.4 is 21.7 Å². The van der Waals surface area contributed by atoms with Crippen LogP contribution in [0.25, 0.3) is 0 Å². The molecular formula is C38H61N5O4. The number of Topliss-reactive ketones (excluding diaryl/α,β-unsaturated/α-hetero) is 1. The number of hydrogen-bond acceptors (Lipinski definition) is 5. The van der Waals surface area contributed by atoms with E-state index in [0.29, 0.717) is 25.8 Å². The number of carbonyl (C=O) groups is 4. The van der Waals surface area contributed by atoms with Crippen LogP contribution in [0.15, 0.2) is 36.5 Å². The first kappa shape index (κ1) is 38.1. The molecule has 262 valence electrons. The first-order chi connectivity index (χ1) is 22.0. The van der Waals surface area contributed by atoms with Crippen molar-refractivity contribution in [2.24, 2.45) is 40.2 Å². The van der Waals surface area contributed by atoms with Gasteiger partial charge in [0.05, 0.1) is 11.7 Å². The molecule has 4 amide bonds. The molecule has 2 aliphatic carbocycles. The summed E-state index contributed by atoms with van der Waals surface area (Å²) in [5, 5.41) is 9.19. The third-order valence-electron chi connectivity index (χ3n) is 10.5. The lowest BCUT2D eigenvalue weighted by molar-refractivity contribution is -0.143. The van der Waals surface area contributed by atoms with E-state index >= 15 is 0 Å². The van der Waals surface area contributed by atoms with Gasteiger partial charge < -0.3 is 26.6 Å². The van der Waals surface area contributed by atoms with Crippen molar-refractivity contribution in [3.05, 3.63) is 47.7 Å². The van der Waals surface area contributed by atoms with Gasteiger partial charge in [-0.15, -0.1) is 0 Å². The number of hydrogen-bond donors (Lipinski definition) is 4. The highest BCUT2D eigenvalue weighted by Gasteiger charge is 2.69. The number of nitrogens with one attached hydrogen (secondary N) is 3. The molecule has 5 N–H and O–H groups in total. The van der Waals surface area contributed by atoms with E-state index in [4.69, 9.17) is 5.73 Å². The predicted octanol–water partition coefficient (Wildman–Crippen LogP) is 5.37. The SMILES string of the molecule is C=C(N)C(=O)C(CC(C)C)NC(=O)C1[C@@H]2[C@H](CN1C(=O)C(NC(=O)NC(CCC)C(C)(C)C)C1Cc3ccccc3C1)C2(C)C.CC. The molecule has 0 aromatic heterocycles. The smallest absolute Gasteiger partial charge is 0.315 e. The minimum absolute atomic E-state index is 0.0394. The van der Waals surface area contributed by atoms with Crippen LogP contribution in [0.2, 0.25) is 0 Å². The number of urea groups is 1. The molecule has 1 saturated carbocycles. The lowest BCUT2D eigenvalue weighted by Crippen LogP contribution is -2.61. The van der Waals surface area contributed by atoms with Crippen molar-refractivity contribution in [2.75, 3.05) is 6.54 Å². The summed E-state index contributed by atoms with van der Waals surface area (Å²) in [5.74, 6) is -0.900. The Balaban J connectivity index is 0.00000294. The average molecular weight is 652 g/mol. The van der Waals surface area contributed by atoms with Crippen molar-refractivity contribution >= 4 is 23.6 Å². The van der Waals surface area contributed by atoms with E-state index in [-0.39, 0.29) is 64.1 Å². The van der Waals surface area contributed by atoms with Crippen LogP contribution in [0.1, 0.15) is 99.6 Å². The van der Waals surface area contributed by atoms with Crippen LogP contribution >= 0.6 is 0 Å². The summed E-state index contributed by atoms with van der Waals surface area (Å²) < 4.78 is 0. The van der Waals surface area contributed by atoms with Gasteiger partial charge in [-0.05, 0) is 71.3 Å². The molecule has 1 aromatic carbocycles. The summed E-state index contributed by atoms with van der Waals surface area (Å²) in [6.07, 6.45) is 3.48. The molecule has 4 unspecified atom stereocenters. The number of rotatable bonds is 12. The Morgan fingerprint density at radius 2 is 1.60 bits per heavy atom. The second kappa shape index (κ2) is 15.2. The topological polar surface area (TPSA) is 134 Å². The average Bonchev–Trinajstić information content (AvgIpc) is 3.36. The fraction of sp³-hybridized carbons (Fsp3) is 0.684. The van der Waals surface area contributed by atoms with Gasteiger partial charge in [0.25, 0.3) is 0 Å². The van der Waals surface area contributed by atoms with E-state index in [0.717, 1.165) is 12.8 Å². The molecule has 0 bridgehead atoms. The minimum Gasteiger partial charge on any atom is -0.396 e. The molecule has 1 heterocycles. The van der Waals surface area contributed by atoms with Gasteiger partial charge in [-0.3, -0.25) is 14.4 Å². The quantitative estimate of drug-likeness (QED) is 0.226. The van der Waals surface area contributed by atoms with Crippen LogP contribution in [-0.2, 0) is 27.2 Å². The van der Waals surface area contributed by atoms with E-state index in [1.807, 2.05) is 39.8 Å². The summed E-state index contributed by atoms with van der Waals surface area (Å²) in [5.41, 5.74) is 7.75. The summed E-state index contributed by atoms with van der Waals surface area (Å²) in [4.78, 5) is 56.8. The van der Waals surface area contributed by atoms with Crippen LogP contribution in [0.5, 0.6) is 0 Å². The largest absolute Gasteiger partial charge is 0.396 e. The van der Waals surface area contributed by atoms with Crippen LogP contribution in [0.4, 0.5) is 4.79 Å². The summed E-state index contributed by atoms with van der Waals surface area (Å²) in [7, 11) is 0. The number of nitrogens with two attached hydrogens (primary N) is 1. The van der Waals surface area contributed by atoms with Crippen LogP contribution in [0, 0.1) is 34.5 Å². The second-order valence-corrected chi connectivity index (χ2v) is 15.7. The summed E-state index contributed by atoms with van der Waals surface area (Å²) in [6.45, 7) is 24.6. The number of carbonyl (C=O) groups excluding carboxylic acids is 4. The van der Waals surface area contributed by atoms with Gasteiger partial charge in [0.15, 0.2) is 5.78 Å². The first-order valence-corrected chi connectivity index (χ1v) is 17.7. The maximum absolute atomic E-state index is 14.6. The van der Waals surface area contributed by atoms with Gasteiger partial charge in [-0.1, -0.05) is 107 Å². The molecule has 9 heteroatoms. The zero-order valence-electron chi connectivity index (χ0n) is 30.5. The highest BCUT2D eigenvalue weighted by atomic mass is 16.2. The minimum atomic E-state index is -0.815. The van der Waals surface area contributed by atoms with Crippen LogP contribution in [-0.4, -0.2) is 59.2 Å². The Morgan fingerprint density at radius 3 is 2.09 bits per heavy atom. The van der Waals surface area contributed by atoms with E-state index in [1.165, 1.54) is 11.1 Å². The van der Waals surface area contributed by atoms with Gasteiger partial charge in [0.2, 0.25) is 11.8 Å². The Morgan fingerprint density at radius 1 is 1.02 bits per heavy atom. The molecule has 9 nitrogen and oxygen atoms in total. The molecule has 4 rings (SSSR count). The Labute approximate surface area is 283 Å². The third kappa shape index (κ3) is 8.57. The Kier molecular flexibility index (Phi) is 12.4. The molecule has 0 radical (unpaired) electrons. The highest BCUT2D eigenvalue weighted by Crippen LogP contribution is 2.65. The van der Waals surface area contributed by atoms with Crippen molar-refractivity contribution in [2.45, 2.75) is 126 Å². The Hall–Kier alpha value is -3.36. The molecule has 1 aromatic rings. The molecule has 2 fully saturated rings. The van der Waals surface area contributed by atoms with Gasteiger partial charge in [-0.25, -0.2) is 4.79 Å². The third-order valence-corrected chi connectivity index (χ3v) is 10.5. The fourth-order valence-electron chi connectivity index (χ4n) is 7.74. The number of piperidine rings is 1. The molecular weight excluding hydrogens is 590 g/mol. The maximum atomic E-state index is 14.6. The number of likely N-dealkylation sites (tertiary alicyclic amines) is 1. The van der Waals surface area contributed by atoms with Crippen molar-refractivity contribution in [3.63, 3.8) is 0 Å². The zero-order valence-corrected chi connectivity index (χ0v) is 30.5. The normalized spacial score (nSPS) is 23.0. The molecule has 47 heavy (non-hydrogen) atoms. The monoisotopic (exact) mass is 651 g/mol. The van der Waals surface area contributed by atoms with Gasteiger partial charge >= 0.3 is 6.03 Å². The van der Waals surface area contributed by atoms with Crippen molar-refractivity contribution in [1.82, 2.24) is 20.9 Å². The number of ketones is 1. The lowest BCUT2D eigenvalue weighted by atomic mass is 9.84. The molecule has 0 spiro atoms. The predicted molar refractivity (Wildman–Crippen MR) is 188 cm³/mol. The second-order valence-electron chi connectivity index (χ2n) is 15.7. The number of benzene rings is 1. The lowest BCUT2D eigenvalue weighted by Gasteiger charge is -2.36. The molecule has 1 aliphatic heterocycles. The van der Waals surface area contributed by atoms with Gasteiger partial charge in [0.1, 0.15) is 12.1 Å². The highest BCUT2D eigenvalue weighted by molar-refractivity contribution is 6.01. The standard InChI is InChI=1S/C36H55N5O4.C2H6/c1-10-13-27(35(5,6)7)39-34(45)40-29(24-17-22-14-11-12-15-23(22)18-24)33(44)41-19-25-28(36(25,8)9)30(41)32(43)38-26(16-20(2)3)31(42)21(4)37;1-2/h11-12,14-15,20,24-30H,4,10,13,16-19,37H2,1-3,5-9H3,(H,38,43)(H2,39,40,45);1-2H3/t25-,26?,27?,28-,29?,30?;/m0./s1. The van der Waals surface area contributed by atoms with Gasteiger partial charge in [0, 0.05) is 12.6 Å². The first-order valence-electron chi connectivity index (χ1n) is 17.7. The zero-order chi connectivity index (χ0) is 35.4. The molecule has 1 saturated heterocycles. The van der Waals surface area contributed by atoms with Gasteiger partial charge in [-0.2, -0.15) is 0 Å². The van der Waals surface area contributed by atoms with Crippen molar-refractivity contribution < 1.29 is 19.2 Å².